The predicted molar refractivity (Wildman–Crippen MR) is 90.5 cm³/mol. The van der Waals surface area contributed by atoms with Crippen LogP contribution in [0.4, 0.5) is 5.82 Å². The van der Waals surface area contributed by atoms with E-state index in [2.05, 4.69) is 29.8 Å². The van der Waals surface area contributed by atoms with E-state index in [0.29, 0.717) is 6.54 Å². The molecule has 0 saturated carbocycles. The van der Waals surface area contributed by atoms with Crippen molar-refractivity contribution in [3.8, 4) is 0 Å². The molecule has 3 rings (SSSR count). The summed E-state index contributed by atoms with van der Waals surface area (Å²) in [6.45, 7) is 7.17. The van der Waals surface area contributed by atoms with Crippen LogP contribution in [-0.4, -0.2) is 47.0 Å². The SMILES string of the molecule is CCCN1CCCN(c2nc(CC)nc3sccc23)CC1=O. The van der Waals surface area contributed by atoms with E-state index in [1.165, 1.54) is 0 Å². The first-order valence-corrected chi connectivity index (χ1v) is 8.87. The third-order valence-electron chi connectivity index (χ3n) is 4.00. The van der Waals surface area contributed by atoms with Crippen LogP contribution in [0.3, 0.4) is 0 Å². The minimum Gasteiger partial charge on any atom is -0.347 e. The van der Waals surface area contributed by atoms with Crippen molar-refractivity contribution in [3.63, 3.8) is 0 Å². The van der Waals surface area contributed by atoms with Crippen molar-refractivity contribution in [1.82, 2.24) is 14.9 Å². The standard InChI is InChI=1S/C16H22N4OS/c1-3-7-19-8-5-9-20(11-14(19)21)15-12-6-10-22-16(12)18-13(4-2)17-15/h6,10H,3-5,7-9,11H2,1-2H3. The normalized spacial score (nSPS) is 16.4. The number of hydrogen-bond acceptors (Lipinski definition) is 5. The van der Waals surface area contributed by atoms with Gasteiger partial charge in [-0.3, -0.25) is 4.79 Å². The fourth-order valence-electron chi connectivity index (χ4n) is 2.89. The van der Waals surface area contributed by atoms with Crippen molar-refractivity contribution in [3.05, 3.63) is 17.3 Å². The number of anilines is 1. The average Bonchev–Trinajstić information content (AvgIpc) is 2.92. The average molecular weight is 318 g/mol. The summed E-state index contributed by atoms with van der Waals surface area (Å²) in [6, 6.07) is 2.06. The number of hydrogen-bond donors (Lipinski definition) is 0. The number of amides is 1. The van der Waals surface area contributed by atoms with E-state index in [1.54, 1.807) is 11.3 Å². The van der Waals surface area contributed by atoms with Crippen molar-refractivity contribution in [2.24, 2.45) is 0 Å². The molecule has 0 aliphatic carbocycles. The summed E-state index contributed by atoms with van der Waals surface area (Å²) in [5, 5.41) is 3.12. The molecule has 3 heterocycles. The first-order chi connectivity index (χ1) is 10.7. The van der Waals surface area contributed by atoms with E-state index in [1.807, 2.05) is 10.3 Å². The van der Waals surface area contributed by atoms with Gasteiger partial charge in [0, 0.05) is 26.1 Å². The summed E-state index contributed by atoms with van der Waals surface area (Å²) in [7, 11) is 0. The monoisotopic (exact) mass is 318 g/mol. The summed E-state index contributed by atoms with van der Waals surface area (Å²) >= 11 is 1.64. The highest BCUT2D eigenvalue weighted by Crippen LogP contribution is 2.28. The molecule has 2 aromatic heterocycles. The molecular weight excluding hydrogens is 296 g/mol. The van der Waals surface area contributed by atoms with Gasteiger partial charge in [0.15, 0.2) is 0 Å². The first kappa shape index (κ1) is 15.2. The van der Waals surface area contributed by atoms with E-state index in [-0.39, 0.29) is 5.91 Å². The van der Waals surface area contributed by atoms with Crippen LogP contribution in [0.25, 0.3) is 10.2 Å². The Balaban J connectivity index is 1.93. The summed E-state index contributed by atoms with van der Waals surface area (Å²) in [6.07, 6.45) is 2.81. The molecule has 118 valence electrons. The number of carbonyl (C=O) groups is 1. The highest BCUT2D eigenvalue weighted by Gasteiger charge is 2.24. The third kappa shape index (κ3) is 2.92. The molecule has 0 radical (unpaired) electrons. The lowest BCUT2D eigenvalue weighted by atomic mass is 10.3. The van der Waals surface area contributed by atoms with Crippen LogP contribution in [0.15, 0.2) is 11.4 Å². The van der Waals surface area contributed by atoms with Crippen molar-refractivity contribution in [2.45, 2.75) is 33.1 Å². The lowest BCUT2D eigenvalue weighted by Crippen LogP contribution is -2.37. The smallest absolute Gasteiger partial charge is 0.242 e. The number of nitrogens with zero attached hydrogens (tertiary/aromatic N) is 4. The molecule has 1 amide bonds. The molecule has 1 aliphatic heterocycles. The maximum absolute atomic E-state index is 12.5. The van der Waals surface area contributed by atoms with Gasteiger partial charge in [-0.1, -0.05) is 13.8 Å². The van der Waals surface area contributed by atoms with E-state index < -0.39 is 0 Å². The predicted octanol–water partition coefficient (Wildman–Crippen LogP) is 2.70. The quantitative estimate of drug-likeness (QED) is 0.870. The lowest BCUT2D eigenvalue weighted by Gasteiger charge is -2.23. The van der Waals surface area contributed by atoms with Gasteiger partial charge >= 0.3 is 0 Å². The Labute approximate surface area is 135 Å². The van der Waals surface area contributed by atoms with E-state index in [4.69, 9.17) is 4.98 Å². The van der Waals surface area contributed by atoms with Gasteiger partial charge in [-0.05, 0) is 24.3 Å². The van der Waals surface area contributed by atoms with E-state index >= 15 is 0 Å². The molecule has 22 heavy (non-hydrogen) atoms. The van der Waals surface area contributed by atoms with E-state index in [0.717, 1.165) is 60.8 Å². The van der Waals surface area contributed by atoms with E-state index in [9.17, 15) is 4.79 Å². The van der Waals surface area contributed by atoms with Gasteiger partial charge < -0.3 is 9.80 Å². The molecule has 0 unspecified atom stereocenters. The molecule has 0 N–H and O–H groups in total. The zero-order valence-electron chi connectivity index (χ0n) is 13.2. The van der Waals surface area contributed by atoms with Crippen molar-refractivity contribution >= 4 is 33.3 Å². The second-order valence-corrected chi connectivity index (χ2v) is 6.51. The van der Waals surface area contributed by atoms with Crippen molar-refractivity contribution < 1.29 is 4.79 Å². The molecule has 1 saturated heterocycles. The Bertz CT molecular complexity index is 669. The Hall–Kier alpha value is -1.69. The topological polar surface area (TPSA) is 49.3 Å². The zero-order valence-corrected chi connectivity index (χ0v) is 14.0. The minimum atomic E-state index is 0.208. The van der Waals surface area contributed by atoms with Crippen LogP contribution in [0, 0.1) is 0 Å². The number of fused-ring (bicyclic) bond motifs is 1. The zero-order chi connectivity index (χ0) is 15.5. The number of thiophene rings is 1. The molecule has 0 bridgehead atoms. The number of aromatic nitrogens is 2. The van der Waals surface area contributed by atoms with Gasteiger partial charge in [0.05, 0.1) is 11.9 Å². The maximum Gasteiger partial charge on any atom is 0.242 e. The Kier molecular flexibility index (Phi) is 4.57. The Morgan fingerprint density at radius 2 is 2.14 bits per heavy atom. The molecule has 0 aromatic carbocycles. The van der Waals surface area contributed by atoms with Gasteiger partial charge in [-0.25, -0.2) is 9.97 Å². The van der Waals surface area contributed by atoms with Gasteiger partial charge in [0.1, 0.15) is 16.5 Å². The summed E-state index contributed by atoms with van der Waals surface area (Å²) in [5.74, 6) is 1.99. The number of rotatable bonds is 4. The van der Waals surface area contributed by atoms with Crippen LogP contribution >= 0.6 is 11.3 Å². The van der Waals surface area contributed by atoms with Crippen molar-refractivity contribution in [2.75, 3.05) is 31.1 Å². The highest BCUT2D eigenvalue weighted by atomic mass is 32.1. The molecule has 0 spiro atoms. The lowest BCUT2D eigenvalue weighted by molar-refractivity contribution is -0.129. The van der Waals surface area contributed by atoms with Gasteiger partial charge in [0.25, 0.3) is 0 Å². The second-order valence-electron chi connectivity index (χ2n) is 5.61. The molecule has 6 heteroatoms. The van der Waals surface area contributed by atoms with Crippen molar-refractivity contribution in [1.29, 1.82) is 0 Å². The van der Waals surface area contributed by atoms with Crippen LogP contribution in [0.5, 0.6) is 0 Å². The van der Waals surface area contributed by atoms with Crippen LogP contribution in [-0.2, 0) is 11.2 Å². The van der Waals surface area contributed by atoms with Crippen LogP contribution in [0.2, 0.25) is 0 Å². The maximum atomic E-state index is 12.5. The Morgan fingerprint density at radius 3 is 2.91 bits per heavy atom. The highest BCUT2D eigenvalue weighted by molar-refractivity contribution is 7.16. The van der Waals surface area contributed by atoms with Gasteiger partial charge in [0.2, 0.25) is 5.91 Å². The fourth-order valence-corrected chi connectivity index (χ4v) is 3.67. The molecular formula is C16H22N4OS. The summed E-state index contributed by atoms with van der Waals surface area (Å²) in [5.41, 5.74) is 0. The molecule has 5 nitrogen and oxygen atoms in total. The summed E-state index contributed by atoms with van der Waals surface area (Å²) < 4.78 is 0. The minimum absolute atomic E-state index is 0.208. The molecule has 2 aromatic rings. The Morgan fingerprint density at radius 1 is 1.27 bits per heavy atom. The van der Waals surface area contributed by atoms with Crippen LogP contribution < -0.4 is 4.90 Å². The fraction of sp³-hybridized carbons (Fsp3) is 0.562. The second kappa shape index (κ2) is 6.60. The summed E-state index contributed by atoms with van der Waals surface area (Å²) in [4.78, 5) is 26.9. The largest absolute Gasteiger partial charge is 0.347 e. The number of carbonyl (C=O) groups excluding carboxylic acids is 1. The first-order valence-electron chi connectivity index (χ1n) is 7.99. The molecule has 0 atom stereocenters. The van der Waals surface area contributed by atoms with Gasteiger partial charge in [-0.2, -0.15) is 0 Å². The van der Waals surface area contributed by atoms with Gasteiger partial charge in [-0.15, -0.1) is 11.3 Å². The molecule has 1 fully saturated rings. The number of aryl methyl sites for hydroxylation is 1. The van der Waals surface area contributed by atoms with Crippen LogP contribution in [0.1, 0.15) is 32.5 Å². The molecule has 1 aliphatic rings. The third-order valence-corrected chi connectivity index (χ3v) is 4.80.